The molecule has 3 aromatic rings. The monoisotopic (exact) mass is 349 g/mol. The van der Waals surface area contributed by atoms with Crippen LogP contribution in [0.4, 0.5) is 11.4 Å². The Morgan fingerprint density at radius 2 is 1.81 bits per heavy atom. The Morgan fingerprint density at radius 1 is 1.08 bits per heavy atom. The molecule has 6 nitrogen and oxygen atoms in total. The standard InChI is InChI=1S/C20H19N3O3/c1-12-15-7-4-5-8-18(15)21-14(3)16(12)11-20(24)22-17-9-6-10-19(13(17)2)23(25)26/h4-10H,11H2,1-3H3,(H,22,24). The van der Waals surface area contributed by atoms with Gasteiger partial charge in [-0.05, 0) is 44.0 Å². The molecular formula is C20H19N3O3. The van der Waals surface area contributed by atoms with E-state index in [1.807, 2.05) is 38.1 Å². The number of para-hydroxylation sites is 1. The van der Waals surface area contributed by atoms with E-state index in [-0.39, 0.29) is 18.0 Å². The number of benzene rings is 2. The smallest absolute Gasteiger partial charge is 0.274 e. The number of nitrogens with one attached hydrogen (secondary N) is 1. The summed E-state index contributed by atoms with van der Waals surface area (Å²) < 4.78 is 0. The molecule has 1 aromatic heterocycles. The SMILES string of the molecule is Cc1nc2ccccc2c(C)c1CC(=O)Nc1cccc([N+](=O)[O-])c1C. The largest absolute Gasteiger partial charge is 0.325 e. The van der Waals surface area contributed by atoms with Crippen LogP contribution in [0.2, 0.25) is 0 Å². The van der Waals surface area contributed by atoms with Crippen molar-refractivity contribution in [3.8, 4) is 0 Å². The molecule has 6 heteroatoms. The van der Waals surface area contributed by atoms with Gasteiger partial charge in [-0.3, -0.25) is 19.9 Å². The lowest BCUT2D eigenvalue weighted by Crippen LogP contribution is -2.17. The zero-order valence-electron chi connectivity index (χ0n) is 14.9. The second-order valence-electron chi connectivity index (χ2n) is 6.25. The number of anilines is 1. The highest BCUT2D eigenvalue weighted by Gasteiger charge is 2.17. The highest BCUT2D eigenvalue weighted by Crippen LogP contribution is 2.26. The summed E-state index contributed by atoms with van der Waals surface area (Å²) in [5.74, 6) is -0.225. The van der Waals surface area contributed by atoms with Gasteiger partial charge in [-0.2, -0.15) is 0 Å². The van der Waals surface area contributed by atoms with E-state index < -0.39 is 4.92 Å². The third kappa shape index (κ3) is 3.26. The van der Waals surface area contributed by atoms with Crippen molar-refractivity contribution in [3.05, 3.63) is 75.0 Å². The van der Waals surface area contributed by atoms with Gasteiger partial charge in [0.1, 0.15) is 0 Å². The van der Waals surface area contributed by atoms with Crippen molar-refractivity contribution in [3.63, 3.8) is 0 Å². The van der Waals surface area contributed by atoms with Gasteiger partial charge in [0.2, 0.25) is 5.91 Å². The Morgan fingerprint density at radius 3 is 2.54 bits per heavy atom. The summed E-state index contributed by atoms with van der Waals surface area (Å²) >= 11 is 0. The third-order valence-corrected chi connectivity index (χ3v) is 4.60. The summed E-state index contributed by atoms with van der Waals surface area (Å²) in [6.07, 6.45) is 0.164. The first-order chi connectivity index (χ1) is 12.4. The van der Waals surface area contributed by atoms with Crippen LogP contribution in [0.15, 0.2) is 42.5 Å². The first-order valence-corrected chi connectivity index (χ1v) is 8.27. The fraction of sp³-hybridized carbons (Fsp3) is 0.200. The molecule has 0 saturated carbocycles. The number of nitro benzene ring substituents is 1. The van der Waals surface area contributed by atoms with Crippen LogP contribution >= 0.6 is 0 Å². The van der Waals surface area contributed by atoms with Crippen LogP contribution in [0.5, 0.6) is 0 Å². The maximum atomic E-state index is 12.5. The van der Waals surface area contributed by atoms with Gasteiger partial charge in [0.25, 0.3) is 5.69 Å². The summed E-state index contributed by atoms with van der Waals surface area (Å²) in [4.78, 5) is 27.7. The van der Waals surface area contributed by atoms with E-state index in [1.165, 1.54) is 6.07 Å². The molecule has 0 aliphatic rings. The second kappa shape index (κ2) is 6.92. The molecule has 132 valence electrons. The van der Waals surface area contributed by atoms with Crippen LogP contribution in [0.1, 0.15) is 22.4 Å². The van der Waals surface area contributed by atoms with Gasteiger partial charge in [-0.15, -0.1) is 0 Å². The van der Waals surface area contributed by atoms with Crippen LogP contribution in [0, 0.1) is 30.9 Å². The molecule has 0 fully saturated rings. The van der Waals surface area contributed by atoms with Gasteiger partial charge in [-0.1, -0.05) is 24.3 Å². The first kappa shape index (κ1) is 17.5. The van der Waals surface area contributed by atoms with Crippen molar-refractivity contribution in [2.45, 2.75) is 27.2 Å². The molecule has 1 N–H and O–H groups in total. The van der Waals surface area contributed by atoms with Gasteiger partial charge in [0.15, 0.2) is 0 Å². The van der Waals surface area contributed by atoms with Crippen LogP contribution < -0.4 is 5.32 Å². The Hall–Kier alpha value is -3.28. The maximum Gasteiger partial charge on any atom is 0.274 e. The number of carbonyl (C=O) groups is 1. The highest BCUT2D eigenvalue weighted by molar-refractivity contribution is 5.95. The minimum Gasteiger partial charge on any atom is -0.325 e. The Labute approximate surface area is 151 Å². The lowest BCUT2D eigenvalue weighted by molar-refractivity contribution is -0.385. The molecule has 0 atom stereocenters. The van der Waals surface area contributed by atoms with E-state index in [0.717, 1.165) is 27.7 Å². The van der Waals surface area contributed by atoms with Crippen molar-refractivity contribution in [2.75, 3.05) is 5.32 Å². The lowest BCUT2D eigenvalue weighted by atomic mass is 9.99. The van der Waals surface area contributed by atoms with Crippen molar-refractivity contribution in [1.82, 2.24) is 4.98 Å². The molecule has 0 aliphatic heterocycles. The third-order valence-electron chi connectivity index (χ3n) is 4.60. The average Bonchev–Trinajstić information content (AvgIpc) is 2.60. The molecule has 26 heavy (non-hydrogen) atoms. The number of pyridine rings is 1. The van der Waals surface area contributed by atoms with Crippen LogP contribution in [-0.4, -0.2) is 15.8 Å². The summed E-state index contributed by atoms with van der Waals surface area (Å²) in [7, 11) is 0. The normalized spacial score (nSPS) is 10.7. The fourth-order valence-corrected chi connectivity index (χ4v) is 3.14. The zero-order chi connectivity index (χ0) is 18.8. The number of rotatable bonds is 4. The minimum absolute atomic E-state index is 0.0115. The minimum atomic E-state index is -0.452. The quantitative estimate of drug-likeness (QED) is 0.563. The maximum absolute atomic E-state index is 12.5. The van der Waals surface area contributed by atoms with Crippen molar-refractivity contribution in [1.29, 1.82) is 0 Å². The number of nitrogens with zero attached hydrogens (tertiary/aromatic N) is 2. The van der Waals surface area contributed by atoms with Crippen LogP contribution in [0.25, 0.3) is 10.9 Å². The molecule has 0 bridgehead atoms. The predicted molar refractivity (Wildman–Crippen MR) is 101 cm³/mol. The van der Waals surface area contributed by atoms with Crippen LogP contribution in [0.3, 0.4) is 0 Å². The average molecular weight is 349 g/mol. The van der Waals surface area contributed by atoms with E-state index in [9.17, 15) is 14.9 Å². The molecule has 2 aromatic carbocycles. The van der Waals surface area contributed by atoms with Gasteiger partial charge < -0.3 is 5.32 Å². The van der Waals surface area contributed by atoms with Gasteiger partial charge in [-0.25, -0.2) is 0 Å². The second-order valence-corrected chi connectivity index (χ2v) is 6.25. The molecule has 0 spiro atoms. The summed E-state index contributed by atoms with van der Waals surface area (Å²) in [6, 6.07) is 12.5. The van der Waals surface area contributed by atoms with Gasteiger partial charge in [0, 0.05) is 17.1 Å². The number of amides is 1. The predicted octanol–water partition coefficient (Wildman–Crippen LogP) is 4.25. The molecule has 0 unspecified atom stereocenters. The number of aromatic nitrogens is 1. The molecular weight excluding hydrogens is 330 g/mol. The number of fused-ring (bicyclic) bond motifs is 1. The van der Waals surface area contributed by atoms with Gasteiger partial charge >= 0.3 is 0 Å². The molecule has 3 rings (SSSR count). The molecule has 1 heterocycles. The lowest BCUT2D eigenvalue weighted by Gasteiger charge is -2.13. The molecule has 0 saturated heterocycles. The van der Waals surface area contributed by atoms with E-state index in [1.54, 1.807) is 19.1 Å². The number of nitro groups is 1. The number of hydrogen-bond donors (Lipinski definition) is 1. The fourth-order valence-electron chi connectivity index (χ4n) is 3.14. The van der Waals surface area contributed by atoms with E-state index in [4.69, 9.17) is 0 Å². The van der Waals surface area contributed by atoms with E-state index in [2.05, 4.69) is 10.3 Å². The van der Waals surface area contributed by atoms with Crippen molar-refractivity contribution in [2.24, 2.45) is 0 Å². The molecule has 0 radical (unpaired) electrons. The summed E-state index contributed by atoms with van der Waals surface area (Å²) in [5, 5.41) is 14.9. The van der Waals surface area contributed by atoms with Crippen LogP contribution in [-0.2, 0) is 11.2 Å². The first-order valence-electron chi connectivity index (χ1n) is 8.27. The summed E-state index contributed by atoms with van der Waals surface area (Å²) in [6.45, 7) is 5.50. The summed E-state index contributed by atoms with van der Waals surface area (Å²) in [5.41, 5.74) is 4.50. The number of aryl methyl sites for hydroxylation is 2. The molecule has 0 aliphatic carbocycles. The van der Waals surface area contributed by atoms with Crippen molar-refractivity contribution >= 4 is 28.2 Å². The number of carbonyl (C=O) groups excluding carboxylic acids is 1. The van der Waals surface area contributed by atoms with Crippen molar-refractivity contribution < 1.29 is 9.72 Å². The van der Waals surface area contributed by atoms with E-state index in [0.29, 0.717) is 11.3 Å². The topological polar surface area (TPSA) is 85.1 Å². The Balaban J connectivity index is 1.89. The zero-order valence-corrected chi connectivity index (χ0v) is 14.9. The number of hydrogen-bond acceptors (Lipinski definition) is 4. The molecule has 1 amide bonds. The Bertz CT molecular complexity index is 1030. The van der Waals surface area contributed by atoms with Gasteiger partial charge in [0.05, 0.1) is 28.1 Å². The highest BCUT2D eigenvalue weighted by atomic mass is 16.6. The Kier molecular flexibility index (Phi) is 4.67. The van der Waals surface area contributed by atoms with E-state index >= 15 is 0 Å².